The van der Waals surface area contributed by atoms with Crippen molar-refractivity contribution in [3.63, 3.8) is 0 Å². The molecule has 2 fully saturated rings. The number of aliphatic hydroxyl groups is 2. The Bertz CT molecular complexity index is 930. The van der Waals surface area contributed by atoms with Crippen LogP contribution in [0.15, 0.2) is 6.07 Å². The maximum absolute atomic E-state index is 10.9. The van der Waals surface area contributed by atoms with E-state index in [4.69, 9.17) is 19.3 Å². The number of pyridine rings is 1. The molecule has 2 aliphatic rings. The lowest BCUT2D eigenvalue weighted by Gasteiger charge is -2.27. The van der Waals surface area contributed by atoms with E-state index in [1.807, 2.05) is 13.0 Å². The van der Waals surface area contributed by atoms with Gasteiger partial charge in [-0.2, -0.15) is 4.68 Å². The van der Waals surface area contributed by atoms with Crippen molar-refractivity contribution in [1.82, 2.24) is 20.0 Å². The summed E-state index contributed by atoms with van der Waals surface area (Å²) in [6.07, 6.45) is -2.16. The molecule has 1 saturated carbocycles. The molecule has 2 aromatic heterocycles. The molecule has 0 unspecified atom stereocenters. The molecular weight excluding hydrogens is 405 g/mol. The maximum atomic E-state index is 10.9. The molecule has 0 spiro atoms. The second kappa shape index (κ2) is 7.88. The number of nitrogens with zero attached hydrogens (tertiary/aromatic N) is 4. The summed E-state index contributed by atoms with van der Waals surface area (Å²) >= 11 is 0. The van der Waals surface area contributed by atoms with E-state index in [1.54, 1.807) is 0 Å². The number of rotatable bonds is 7. The summed E-state index contributed by atoms with van der Waals surface area (Å²) in [7, 11) is -4.34. The van der Waals surface area contributed by atoms with Gasteiger partial charge in [0.1, 0.15) is 24.7 Å². The summed E-state index contributed by atoms with van der Waals surface area (Å²) in [5, 5.41) is 32.4. The minimum atomic E-state index is -4.34. The van der Waals surface area contributed by atoms with Crippen molar-refractivity contribution >= 4 is 24.4 Å². The fraction of sp³-hybridized carbons (Fsp3) is 0.688. The quantitative estimate of drug-likeness (QED) is 0.371. The first-order valence-electron chi connectivity index (χ1n) is 9.36. The molecule has 4 rings (SSSR count). The highest BCUT2D eigenvalue weighted by Crippen LogP contribution is 2.36. The second-order valence-corrected chi connectivity index (χ2v) is 9.09. The summed E-state index contributed by atoms with van der Waals surface area (Å²) in [4.78, 5) is 22.2. The van der Waals surface area contributed by atoms with Gasteiger partial charge in [-0.25, -0.2) is 4.98 Å². The third-order valence-corrected chi connectivity index (χ3v) is 5.66. The number of aryl methyl sites for hydroxylation is 1. The van der Waals surface area contributed by atoms with Gasteiger partial charge in [-0.3, -0.25) is 4.57 Å². The van der Waals surface area contributed by atoms with Crippen LogP contribution in [-0.4, -0.2) is 77.3 Å². The predicted molar refractivity (Wildman–Crippen MR) is 100 cm³/mol. The lowest BCUT2D eigenvalue weighted by molar-refractivity contribution is -0.0665. The van der Waals surface area contributed by atoms with E-state index < -0.39 is 38.5 Å². The third-order valence-electron chi connectivity index (χ3n) is 5.15. The third kappa shape index (κ3) is 4.29. The van der Waals surface area contributed by atoms with E-state index in [0.717, 1.165) is 24.2 Å². The summed E-state index contributed by atoms with van der Waals surface area (Å²) < 4.78 is 22.8. The summed E-state index contributed by atoms with van der Waals surface area (Å²) in [5.41, 5.74) is 2.48. The highest BCUT2D eigenvalue weighted by atomic mass is 31.2. The molecule has 29 heavy (non-hydrogen) atoms. The molecule has 12 nitrogen and oxygen atoms in total. The van der Waals surface area contributed by atoms with Gasteiger partial charge in [0.2, 0.25) is 0 Å². The predicted octanol–water partition coefficient (Wildman–Crippen LogP) is -0.130. The van der Waals surface area contributed by atoms with E-state index >= 15 is 0 Å². The zero-order valence-electron chi connectivity index (χ0n) is 15.7. The molecule has 1 aliphatic heterocycles. The van der Waals surface area contributed by atoms with Crippen molar-refractivity contribution in [2.45, 2.75) is 56.8 Å². The molecule has 5 N–H and O–H groups in total. The fourth-order valence-electron chi connectivity index (χ4n) is 3.45. The number of fused-ring (bicyclic) bond motifs is 1. The number of aromatic nitrogens is 4. The Kier molecular flexibility index (Phi) is 5.60. The van der Waals surface area contributed by atoms with Crippen LogP contribution >= 0.6 is 7.60 Å². The van der Waals surface area contributed by atoms with Crippen molar-refractivity contribution in [2.75, 3.05) is 18.3 Å². The average molecular weight is 429 g/mol. The van der Waals surface area contributed by atoms with Gasteiger partial charge in [0, 0.05) is 11.7 Å². The number of hydrogen-bond donors (Lipinski definition) is 5. The zero-order chi connectivity index (χ0) is 20.8. The molecular formula is C16H24N5O7P. The summed E-state index contributed by atoms with van der Waals surface area (Å²) in [6.45, 7) is 1.54. The van der Waals surface area contributed by atoms with Crippen LogP contribution in [0, 0.1) is 6.92 Å². The molecule has 160 valence electrons. The van der Waals surface area contributed by atoms with Crippen molar-refractivity contribution in [2.24, 2.45) is 0 Å². The minimum absolute atomic E-state index is 0.298. The highest BCUT2D eigenvalue weighted by Gasteiger charge is 2.45. The van der Waals surface area contributed by atoms with Crippen LogP contribution in [0.5, 0.6) is 0 Å². The number of ether oxygens (including phenoxy) is 2. The second-order valence-electron chi connectivity index (χ2n) is 7.50. The molecule has 0 bridgehead atoms. The van der Waals surface area contributed by atoms with Gasteiger partial charge in [-0.1, -0.05) is 5.21 Å². The zero-order valence-corrected chi connectivity index (χ0v) is 16.6. The molecule has 1 aliphatic carbocycles. The van der Waals surface area contributed by atoms with Crippen LogP contribution in [-0.2, 0) is 14.0 Å². The molecule has 1 saturated heterocycles. The standard InChI is InChI=1S/C16H24N5O7P/c1-8-5-10(18-9-3-2-4-9)12-15(17-8)21(20-19-12)16-14(23)13(22)11(28-16)6-27-7-29(24,25)26/h5,9,11,13-14,16,22-23H,2-4,6-7H2,1H3,(H,17,18)(H2,24,25,26)/t11-,13-,14-,16-/m1/s1. The van der Waals surface area contributed by atoms with E-state index in [-0.39, 0.29) is 6.61 Å². The SMILES string of the molecule is Cc1cc(NC2CCC2)c2nnn([C@@H]3O[C@H](COCP(=O)(O)O)[C@@H](O)[C@H]3O)c2n1. The largest absolute Gasteiger partial charge is 0.387 e. The Morgan fingerprint density at radius 3 is 2.76 bits per heavy atom. The Balaban J connectivity index is 1.55. The Morgan fingerprint density at radius 2 is 2.10 bits per heavy atom. The first kappa shape index (κ1) is 20.6. The lowest BCUT2D eigenvalue weighted by atomic mass is 9.93. The summed E-state index contributed by atoms with van der Waals surface area (Å²) in [5.74, 6) is 0. The van der Waals surface area contributed by atoms with Gasteiger partial charge in [-0.05, 0) is 32.3 Å². The van der Waals surface area contributed by atoms with Crippen molar-refractivity contribution in [3.05, 3.63) is 11.8 Å². The first-order chi connectivity index (χ1) is 13.7. The summed E-state index contributed by atoms with van der Waals surface area (Å²) in [6, 6.07) is 2.27. The van der Waals surface area contributed by atoms with Crippen molar-refractivity contribution < 1.29 is 34.0 Å². The van der Waals surface area contributed by atoms with Crippen LogP contribution < -0.4 is 5.32 Å². The maximum Gasteiger partial charge on any atom is 0.350 e. The van der Waals surface area contributed by atoms with Gasteiger partial charge >= 0.3 is 7.60 Å². The first-order valence-corrected chi connectivity index (χ1v) is 11.2. The molecule has 4 atom stereocenters. The lowest BCUT2D eigenvalue weighted by Crippen LogP contribution is -2.34. The van der Waals surface area contributed by atoms with Crippen molar-refractivity contribution in [1.29, 1.82) is 0 Å². The molecule has 3 heterocycles. The number of anilines is 1. The number of hydrogen-bond acceptors (Lipinski definition) is 9. The minimum Gasteiger partial charge on any atom is -0.387 e. The number of nitrogens with one attached hydrogen (secondary N) is 1. The molecule has 0 amide bonds. The highest BCUT2D eigenvalue weighted by molar-refractivity contribution is 7.51. The van der Waals surface area contributed by atoms with Crippen LogP contribution in [0.2, 0.25) is 0 Å². The molecule has 2 aromatic rings. The topological polar surface area (TPSA) is 172 Å². The van der Waals surface area contributed by atoms with Crippen molar-refractivity contribution in [3.8, 4) is 0 Å². The Hall–Kier alpha value is -1.66. The van der Waals surface area contributed by atoms with Crippen LogP contribution in [0.3, 0.4) is 0 Å². The fourth-order valence-corrected chi connectivity index (χ4v) is 3.80. The Labute approximate surface area is 166 Å². The van der Waals surface area contributed by atoms with Gasteiger partial charge in [0.15, 0.2) is 17.4 Å². The van der Waals surface area contributed by atoms with E-state index in [0.29, 0.717) is 17.2 Å². The van der Waals surface area contributed by atoms with E-state index in [1.165, 1.54) is 11.1 Å². The van der Waals surface area contributed by atoms with Crippen LogP contribution in [0.1, 0.15) is 31.2 Å². The van der Waals surface area contributed by atoms with Gasteiger partial charge in [0.05, 0.1) is 12.3 Å². The van der Waals surface area contributed by atoms with Crippen LogP contribution in [0.25, 0.3) is 11.2 Å². The van der Waals surface area contributed by atoms with E-state index in [2.05, 4.69) is 20.6 Å². The van der Waals surface area contributed by atoms with Gasteiger partial charge in [-0.15, -0.1) is 5.10 Å². The molecule has 0 aromatic carbocycles. The average Bonchev–Trinajstić information content (AvgIpc) is 3.13. The molecule has 13 heteroatoms. The van der Waals surface area contributed by atoms with Gasteiger partial charge in [0.25, 0.3) is 0 Å². The molecule has 0 radical (unpaired) electrons. The Morgan fingerprint density at radius 1 is 1.34 bits per heavy atom. The van der Waals surface area contributed by atoms with Gasteiger partial charge < -0.3 is 34.8 Å². The van der Waals surface area contributed by atoms with E-state index in [9.17, 15) is 14.8 Å². The monoisotopic (exact) mass is 429 g/mol. The van der Waals surface area contributed by atoms with Crippen LogP contribution in [0.4, 0.5) is 5.69 Å². The number of aliphatic hydroxyl groups excluding tert-OH is 2. The normalized spacial score (nSPS) is 28.0. The smallest absolute Gasteiger partial charge is 0.350 e.